The molecular formula is C12H12N2O4. The first kappa shape index (κ1) is 12.0. The molecule has 0 fully saturated rings. The van der Waals surface area contributed by atoms with Crippen LogP contribution in [0.4, 0.5) is 0 Å². The van der Waals surface area contributed by atoms with E-state index in [1.54, 1.807) is 30.5 Å². The second-order valence-electron chi connectivity index (χ2n) is 3.34. The number of rotatable bonds is 3. The summed E-state index contributed by atoms with van der Waals surface area (Å²) in [4.78, 5) is 15.7. The largest absolute Gasteiger partial charge is 0.468 e. The number of aliphatic imine (C=N–C) groups is 1. The Kier molecular flexibility index (Phi) is 3.80. The van der Waals surface area contributed by atoms with Crippen LogP contribution in [0.15, 0.2) is 50.6 Å². The number of hydrogen-bond acceptors (Lipinski definition) is 5. The lowest BCUT2D eigenvalue weighted by Crippen LogP contribution is -2.31. The van der Waals surface area contributed by atoms with Gasteiger partial charge in [0.15, 0.2) is 5.76 Å². The Hall–Kier alpha value is -2.50. The van der Waals surface area contributed by atoms with Crippen molar-refractivity contribution in [3.63, 3.8) is 0 Å². The number of nitrogens with zero attached hydrogens (tertiary/aromatic N) is 1. The van der Waals surface area contributed by atoms with Gasteiger partial charge in [-0.1, -0.05) is 0 Å². The molecule has 0 aliphatic heterocycles. The van der Waals surface area contributed by atoms with Crippen molar-refractivity contribution in [1.82, 2.24) is 5.32 Å². The molecule has 2 rings (SSSR count). The van der Waals surface area contributed by atoms with Crippen LogP contribution in [-0.2, 0) is 11.3 Å². The lowest BCUT2D eigenvalue weighted by molar-refractivity contribution is 0.0941. The summed E-state index contributed by atoms with van der Waals surface area (Å²) in [7, 11) is 1.42. The van der Waals surface area contributed by atoms with Gasteiger partial charge in [0, 0.05) is 0 Å². The fourth-order valence-electron chi connectivity index (χ4n) is 1.27. The summed E-state index contributed by atoms with van der Waals surface area (Å²) in [5, 5.41) is 2.48. The molecule has 0 atom stereocenters. The Morgan fingerprint density at radius 1 is 1.33 bits per heavy atom. The van der Waals surface area contributed by atoms with Crippen molar-refractivity contribution in [3.8, 4) is 0 Å². The summed E-state index contributed by atoms with van der Waals surface area (Å²) in [5.74, 6) is 0.453. The van der Waals surface area contributed by atoms with Crippen LogP contribution in [0.2, 0.25) is 0 Å². The van der Waals surface area contributed by atoms with E-state index in [0.717, 1.165) is 0 Å². The number of methoxy groups -OCH3 is 1. The third kappa shape index (κ3) is 3.00. The van der Waals surface area contributed by atoms with Gasteiger partial charge < -0.3 is 13.6 Å². The first-order valence-electron chi connectivity index (χ1n) is 5.25. The minimum atomic E-state index is -0.417. The van der Waals surface area contributed by atoms with Crippen LogP contribution in [0.3, 0.4) is 0 Å². The molecule has 0 bridgehead atoms. The van der Waals surface area contributed by atoms with E-state index < -0.39 is 5.91 Å². The number of furan rings is 2. The molecule has 1 N–H and O–H groups in total. The van der Waals surface area contributed by atoms with Crippen molar-refractivity contribution >= 4 is 11.9 Å². The molecule has 0 saturated carbocycles. The highest BCUT2D eigenvalue weighted by molar-refractivity contribution is 6.02. The molecule has 0 aliphatic rings. The van der Waals surface area contributed by atoms with Gasteiger partial charge >= 0.3 is 0 Å². The second kappa shape index (κ2) is 5.72. The van der Waals surface area contributed by atoms with Crippen molar-refractivity contribution in [2.75, 3.05) is 7.11 Å². The van der Waals surface area contributed by atoms with Gasteiger partial charge in [0.1, 0.15) is 12.3 Å². The maximum atomic E-state index is 11.6. The number of amidine groups is 1. The molecule has 1 amide bonds. The molecule has 0 aromatic carbocycles. The van der Waals surface area contributed by atoms with Crippen LogP contribution in [0.25, 0.3) is 0 Å². The van der Waals surface area contributed by atoms with Crippen LogP contribution in [0, 0.1) is 0 Å². The van der Waals surface area contributed by atoms with Crippen molar-refractivity contribution in [2.45, 2.75) is 6.54 Å². The Morgan fingerprint density at radius 2 is 2.11 bits per heavy atom. The van der Waals surface area contributed by atoms with Gasteiger partial charge in [0.25, 0.3) is 11.9 Å². The fourth-order valence-corrected chi connectivity index (χ4v) is 1.27. The van der Waals surface area contributed by atoms with E-state index in [4.69, 9.17) is 13.6 Å². The average molecular weight is 248 g/mol. The van der Waals surface area contributed by atoms with E-state index in [2.05, 4.69) is 10.3 Å². The van der Waals surface area contributed by atoms with Gasteiger partial charge in [0.05, 0.1) is 19.6 Å². The topological polar surface area (TPSA) is 77.0 Å². The summed E-state index contributed by atoms with van der Waals surface area (Å²) >= 11 is 0. The number of carbonyl (C=O) groups is 1. The number of nitrogens with one attached hydrogen (secondary N) is 1. The first-order valence-corrected chi connectivity index (χ1v) is 5.25. The zero-order valence-corrected chi connectivity index (χ0v) is 9.75. The molecule has 2 heterocycles. The summed E-state index contributed by atoms with van der Waals surface area (Å²) in [6.07, 6.45) is 2.97. The predicted molar refractivity (Wildman–Crippen MR) is 63.0 cm³/mol. The average Bonchev–Trinajstić information content (AvgIpc) is 3.05. The lowest BCUT2D eigenvalue weighted by Gasteiger charge is -2.04. The molecule has 0 saturated heterocycles. The maximum Gasteiger partial charge on any atom is 0.294 e. The highest BCUT2D eigenvalue weighted by Gasteiger charge is 2.11. The molecule has 0 spiro atoms. The Morgan fingerprint density at radius 3 is 2.72 bits per heavy atom. The van der Waals surface area contributed by atoms with Gasteiger partial charge in [-0.05, 0) is 24.3 Å². The fraction of sp³-hybridized carbons (Fsp3) is 0.167. The quantitative estimate of drug-likeness (QED) is 0.663. The summed E-state index contributed by atoms with van der Waals surface area (Å²) in [5.41, 5.74) is 0. The molecule has 0 radical (unpaired) electrons. The van der Waals surface area contributed by atoms with Gasteiger partial charge in [-0.25, -0.2) is 4.99 Å². The molecule has 0 aliphatic carbocycles. The van der Waals surface area contributed by atoms with Crippen LogP contribution in [0.5, 0.6) is 0 Å². The highest BCUT2D eigenvalue weighted by Crippen LogP contribution is 2.02. The lowest BCUT2D eigenvalue weighted by atomic mass is 10.4. The minimum absolute atomic E-state index is 0.104. The second-order valence-corrected chi connectivity index (χ2v) is 3.34. The van der Waals surface area contributed by atoms with E-state index in [0.29, 0.717) is 5.76 Å². The monoisotopic (exact) mass is 248 g/mol. The Bertz CT molecular complexity index is 514. The molecule has 0 unspecified atom stereocenters. The van der Waals surface area contributed by atoms with Crippen LogP contribution in [-0.4, -0.2) is 19.0 Å². The number of amides is 1. The molecule has 18 heavy (non-hydrogen) atoms. The predicted octanol–water partition coefficient (Wildman–Crippen LogP) is 1.80. The number of hydrogen-bond donors (Lipinski definition) is 1. The van der Waals surface area contributed by atoms with E-state index in [1.807, 2.05) is 0 Å². The summed E-state index contributed by atoms with van der Waals surface area (Å²) < 4.78 is 15.0. The highest BCUT2D eigenvalue weighted by atomic mass is 16.5. The third-order valence-corrected chi connectivity index (χ3v) is 2.12. The molecule has 2 aromatic rings. The first-order chi connectivity index (χ1) is 8.79. The maximum absolute atomic E-state index is 11.6. The Labute approximate surface area is 103 Å². The zero-order chi connectivity index (χ0) is 12.8. The van der Waals surface area contributed by atoms with Gasteiger partial charge in [0.2, 0.25) is 0 Å². The number of ether oxygens (including phenoxy) is 1. The van der Waals surface area contributed by atoms with Crippen molar-refractivity contribution in [2.24, 2.45) is 4.99 Å². The smallest absolute Gasteiger partial charge is 0.294 e. The summed E-state index contributed by atoms with van der Waals surface area (Å²) in [6.45, 7) is 0.286. The SMILES string of the molecule is COC(=NCc1ccco1)NC(=O)c1ccco1. The summed E-state index contributed by atoms with van der Waals surface area (Å²) in [6, 6.07) is 6.83. The standard InChI is InChI=1S/C12H12N2O4/c1-16-12(13-8-9-4-2-6-17-9)14-11(15)10-5-3-7-18-10/h2-7H,8H2,1H3,(H,13,14,15). The van der Waals surface area contributed by atoms with Crippen molar-refractivity contribution in [1.29, 1.82) is 0 Å². The normalized spacial score (nSPS) is 11.3. The van der Waals surface area contributed by atoms with E-state index in [9.17, 15) is 4.79 Å². The van der Waals surface area contributed by atoms with Gasteiger partial charge in [-0.15, -0.1) is 0 Å². The van der Waals surface area contributed by atoms with Crippen LogP contribution < -0.4 is 5.32 Å². The molecule has 94 valence electrons. The molecule has 6 nitrogen and oxygen atoms in total. The zero-order valence-electron chi connectivity index (χ0n) is 9.75. The van der Waals surface area contributed by atoms with Crippen LogP contribution >= 0.6 is 0 Å². The van der Waals surface area contributed by atoms with Gasteiger partial charge in [-0.2, -0.15) is 0 Å². The van der Waals surface area contributed by atoms with E-state index >= 15 is 0 Å². The van der Waals surface area contributed by atoms with Crippen molar-refractivity contribution in [3.05, 3.63) is 48.3 Å². The Balaban J connectivity index is 1.96. The van der Waals surface area contributed by atoms with Gasteiger partial charge in [-0.3, -0.25) is 10.1 Å². The number of carbonyl (C=O) groups excluding carboxylic acids is 1. The minimum Gasteiger partial charge on any atom is -0.468 e. The molecule has 2 aromatic heterocycles. The van der Waals surface area contributed by atoms with Crippen LogP contribution in [0.1, 0.15) is 16.3 Å². The van der Waals surface area contributed by atoms with E-state index in [1.165, 1.54) is 13.4 Å². The molecular weight excluding hydrogens is 236 g/mol. The van der Waals surface area contributed by atoms with E-state index in [-0.39, 0.29) is 18.3 Å². The van der Waals surface area contributed by atoms with Crippen molar-refractivity contribution < 1.29 is 18.4 Å². The molecule has 6 heteroatoms. The third-order valence-electron chi connectivity index (χ3n) is 2.12.